The number of nitrogens with one attached hydrogen (secondary N) is 1. The van der Waals surface area contributed by atoms with E-state index in [-0.39, 0.29) is 11.1 Å². The van der Waals surface area contributed by atoms with Crippen molar-refractivity contribution in [1.29, 1.82) is 0 Å². The van der Waals surface area contributed by atoms with Crippen molar-refractivity contribution in [3.05, 3.63) is 17.0 Å². The summed E-state index contributed by atoms with van der Waals surface area (Å²) >= 11 is 5.73. The van der Waals surface area contributed by atoms with Gasteiger partial charge in [-0.05, 0) is 11.6 Å². The molecule has 5 nitrogen and oxygen atoms in total. The average Bonchev–Trinajstić information content (AvgIpc) is 2.70. The topological polar surface area (TPSA) is 64.1 Å². The van der Waals surface area contributed by atoms with Crippen LogP contribution in [0.4, 0.5) is 5.82 Å². The van der Waals surface area contributed by atoms with Crippen LogP contribution in [0.5, 0.6) is 0 Å². The highest BCUT2D eigenvalue weighted by molar-refractivity contribution is 6.28. The van der Waals surface area contributed by atoms with Crippen LogP contribution >= 0.6 is 11.6 Å². The van der Waals surface area contributed by atoms with Crippen molar-refractivity contribution in [2.75, 3.05) is 18.5 Å². The van der Waals surface area contributed by atoms with E-state index in [1.807, 2.05) is 0 Å². The molecule has 6 heteroatoms. The molecule has 0 aromatic carbocycles. The van der Waals surface area contributed by atoms with E-state index >= 15 is 0 Å². The maximum atomic E-state index is 12.0. The molecule has 84 valence electrons. The van der Waals surface area contributed by atoms with E-state index in [4.69, 9.17) is 16.3 Å². The Morgan fingerprint density at radius 1 is 1.56 bits per heavy atom. The molecule has 1 aromatic heterocycles. The van der Waals surface area contributed by atoms with Crippen molar-refractivity contribution in [2.45, 2.75) is 18.4 Å². The molecular weight excluding hydrogens is 230 g/mol. The molecule has 2 aliphatic heterocycles. The van der Waals surface area contributed by atoms with Gasteiger partial charge in [0.15, 0.2) is 5.78 Å². The number of Topliss-reactive ketones (excluding diaryl/α,β-unsaturated/α-hetero) is 1. The molecule has 0 radical (unpaired) electrons. The maximum absolute atomic E-state index is 12.0. The molecule has 0 saturated carbocycles. The Labute approximate surface area is 97.2 Å². The van der Waals surface area contributed by atoms with E-state index < -0.39 is 5.54 Å². The van der Waals surface area contributed by atoms with Crippen LogP contribution in [0.2, 0.25) is 5.28 Å². The molecule has 1 N–H and O–H groups in total. The number of nitrogens with zero attached hydrogens (tertiary/aromatic N) is 2. The quantitative estimate of drug-likeness (QED) is 0.680. The highest BCUT2D eigenvalue weighted by Gasteiger charge is 2.45. The summed E-state index contributed by atoms with van der Waals surface area (Å²) in [7, 11) is 0. The summed E-state index contributed by atoms with van der Waals surface area (Å²) in [5.74, 6) is 0.800. The van der Waals surface area contributed by atoms with Crippen LogP contribution in [-0.2, 0) is 16.0 Å². The van der Waals surface area contributed by atoms with Gasteiger partial charge in [0.1, 0.15) is 11.4 Å². The first-order valence-electron chi connectivity index (χ1n) is 5.10. The second-order valence-electron chi connectivity index (χ2n) is 4.12. The number of aromatic nitrogens is 2. The second-order valence-corrected chi connectivity index (χ2v) is 4.46. The molecule has 3 rings (SSSR count). The van der Waals surface area contributed by atoms with Crippen LogP contribution < -0.4 is 5.32 Å². The van der Waals surface area contributed by atoms with Crippen molar-refractivity contribution in [3.63, 3.8) is 0 Å². The summed E-state index contributed by atoms with van der Waals surface area (Å²) < 4.78 is 5.29. The Hall–Kier alpha value is -1.20. The molecule has 3 heterocycles. The van der Waals surface area contributed by atoms with Crippen LogP contribution in [-0.4, -0.2) is 34.5 Å². The zero-order chi connectivity index (χ0) is 11.2. The van der Waals surface area contributed by atoms with Crippen molar-refractivity contribution < 1.29 is 9.53 Å². The minimum atomic E-state index is -0.593. The number of carbonyl (C=O) groups is 1. The SMILES string of the molecule is O=C1Cc2cnc(Cl)nc2NC12CCOC2. The third-order valence-electron chi connectivity index (χ3n) is 3.10. The lowest BCUT2D eigenvalue weighted by molar-refractivity contribution is -0.123. The van der Waals surface area contributed by atoms with Crippen LogP contribution in [0.1, 0.15) is 12.0 Å². The van der Waals surface area contributed by atoms with Gasteiger partial charge in [-0.25, -0.2) is 9.97 Å². The van der Waals surface area contributed by atoms with Crippen molar-refractivity contribution in [2.24, 2.45) is 0 Å². The second kappa shape index (κ2) is 3.40. The summed E-state index contributed by atoms with van der Waals surface area (Å²) in [5, 5.41) is 3.34. The van der Waals surface area contributed by atoms with Crippen LogP contribution in [0.3, 0.4) is 0 Å². The summed E-state index contributed by atoms with van der Waals surface area (Å²) in [6.07, 6.45) is 2.63. The molecule has 1 unspecified atom stereocenters. The number of rotatable bonds is 0. The number of halogens is 1. The zero-order valence-corrected chi connectivity index (χ0v) is 9.25. The Morgan fingerprint density at radius 2 is 2.44 bits per heavy atom. The van der Waals surface area contributed by atoms with Gasteiger partial charge >= 0.3 is 0 Å². The summed E-state index contributed by atoms with van der Waals surface area (Å²) in [6.45, 7) is 1.01. The maximum Gasteiger partial charge on any atom is 0.224 e. The van der Waals surface area contributed by atoms with Gasteiger partial charge in [-0.3, -0.25) is 4.79 Å². The fourth-order valence-electron chi connectivity index (χ4n) is 2.14. The number of fused-ring (bicyclic) bond motifs is 1. The van der Waals surface area contributed by atoms with Gasteiger partial charge in [-0.2, -0.15) is 0 Å². The van der Waals surface area contributed by atoms with Crippen LogP contribution in [0.15, 0.2) is 6.20 Å². The number of ketones is 1. The predicted octanol–water partition coefficient (Wildman–Crippen LogP) is 0.826. The smallest absolute Gasteiger partial charge is 0.224 e. The molecular formula is C10H10ClN3O2. The molecule has 1 saturated heterocycles. The van der Waals surface area contributed by atoms with Crippen molar-refractivity contribution >= 4 is 23.2 Å². The van der Waals surface area contributed by atoms with Crippen molar-refractivity contribution in [1.82, 2.24) is 9.97 Å². The van der Waals surface area contributed by atoms with Gasteiger partial charge in [0, 0.05) is 31.2 Å². The number of carbonyl (C=O) groups excluding carboxylic acids is 1. The van der Waals surface area contributed by atoms with Gasteiger partial charge in [0.25, 0.3) is 0 Å². The third kappa shape index (κ3) is 1.39. The standard InChI is InChI=1S/C10H10ClN3O2/c11-9-12-4-6-3-7(15)10(1-2-16-5-10)14-8(6)13-9/h4H,1-3,5H2,(H,12,13,14). The number of anilines is 1. The summed E-state index contributed by atoms with van der Waals surface area (Å²) in [6, 6.07) is 0. The average molecular weight is 240 g/mol. The Bertz CT molecular complexity index is 457. The Morgan fingerprint density at radius 3 is 3.19 bits per heavy atom. The number of hydrogen-bond donors (Lipinski definition) is 1. The lowest BCUT2D eigenvalue weighted by atomic mass is 9.86. The van der Waals surface area contributed by atoms with E-state index in [0.717, 1.165) is 5.56 Å². The van der Waals surface area contributed by atoms with Gasteiger partial charge in [-0.1, -0.05) is 0 Å². The molecule has 1 atom stereocenters. The monoisotopic (exact) mass is 239 g/mol. The van der Waals surface area contributed by atoms with E-state index in [1.54, 1.807) is 6.20 Å². The van der Waals surface area contributed by atoms with E-state index in [9.17, 15) is 4.79 Å². The van der Waals surface area contributed by atoms with Gasteiger partial charge < -0.3 is 10.1 Å². The van der Waals surface area contributed by atoms with Gasteiger partial charge in [0.2, 0.25) is 5.28 Å². The van der Waals surface area contributed by atoms with Gasteiger partial charge in [0.05, 0.1) is 6.61 Å². The summed E-state index contributed by atoms with van der Waals surface area (Å²) in [4.78, 5) is 20.0. The Balaban J connectivity index is 2.02. The molecule has 1 aromatic rings. The Kier molecular flexibility index (Phi) is 2.12. The van der Waals surface area contributed by atoms with Crippen molar-refractivity contribution in [3.8, 4) is 0 Å². The van der Waals surface area contributed by atoms with Crippen LogP contribution in [0, 0.1) is 0 Å². The molecule has 0 amide bonds. The van der Waals surface area contributed by atoms with Crippen LogP contribution in [0.25, 0.3) is 0 Å². The first kappa shape index (κ1) is 9.99. The first-order valence-corrected chi connectivity index (χ1v) is 5.48. The highest BCUT2D eigenvalue weighted by atomic mass is 35.5. The molecule has 0 bridgehead atoms. The third-order valence-corrected chi connectivity index (χ3v) is 3.28. The summed E-state index contributed by atoms with van der Waals surface area (Å²) in [5.41, 5.74) is 0.206. The minimum Gasteiger partial charge on any atom is -0.378 e. The first-order chi connectivity index (χ1) is 7.70. The lowest BCUT2D eigenvalue weighted by Crippen LogP contribution is -2.51. The van der Waals surface area contributed by atoms with E-state index in [2.05, 4.69) is 15.3 Å². The van der Waals surface area contributed by atoms with E-state index in [0.29, 0.717) is 31.9 Å². The molecule has 1 spiro atoms. The molecule has 1 fully saturated rings. The predicted molar refractivity (Wildman–Crippen MR) is 57.5 cm³/mol. The number of ether oxygens (including phenoxy) is 1. The largest absolute Gasteiger partial charge is 0.378 e. The van der Waals surface area contributed by atoms with E-state index in [1.165, 1.54) is 0 Å². The fraction of sp³-hybridized carbons (Fsp3) is 0.500. The molecule has 16 heavy (non-hydrogen) atoms. The van der Waals surface area contributed by atoms with Gasteiger partial charge in [-0.15, -0.1) is 0 Å². The number of hydrogen-bond acceptors (Lipinski definition) is 5. The molecule has 0 aliphatic carbocycles. The minimum absolute atomic E-state index is 0.142. The fourth-order valence-corrected chi connectivity index (χ4v) is 2.28. The normalized spacial score (nSPS) is 27.9. The lowest BCUT2D eigenvalue weighted by Gasteiger charge is -2.32. The highest BCUT2D eigenvalue weighted by Crippen LogP contribution is 2.32. The molecule has 2 aliphatic rings. The zero-order valence-electron chi connectivity index (χ0n) is 8.49.